The summed E-state index contributed by atoms with van der Waals surface area (Å²) < 4.78 is 90.8. The lowest BCUT2D eigenvalue weighted by atomic mass is 9.96. The molecular weight excluding hydrogens is 639 g/mol. The van der Waals surface area contributed by atoms with Gasteiger partial charge in [-0.25, -0.2) is 8.42 Å². The average Bonchev–Trinajstić information content (AvgIpc) is 2.98. The predicted octanol–water partition coefficient (Wildman–Crippen LogP) is 6.27. The first-order valence-corrected chi connectivity index (χ1v) is 16.7. The Morgan fingerprint density at radius 3 is 2.14 bits per heavy atom. The van der Waals surface area contributed by atoms with E-state index < -0.39 is 42.2 Å². The molecule has 4 aromatic rings. The summed E-state index contributed by atoms with van der Waals surface area (Å²) in [5.74, 6) is -0.779. The van der Waals surface area contributed by atoms with E-state index in [0.717, 1.165) is 35.4 Å². The van der Waals surface area contributed by atoms with Crippen molar-refractivity contribution in [1.29, 1.82) is 0 Å². The van der Waals surface area contributed by atoms with Crippen LogP contribution in [0, 0.1) is 0 Å². The Hall–Kier alpha value is -3.42. The molecule has 0 radical (unpaired) electrons. The van der Waals surface area contributed by atoms with Crippen LogP contribution in [0.5, 0.6) is 5.75 Å². The van der Waals surface area contributed by atoms with Crippen molar-refractivity contribution in [2.45, 2.75) is 46.7 Å². The monoisotopic (exact) mass is 667 g/mol. The van der Waals surface area contributed by atoms with Crippen molar-refractivity contribution in [3.63, 3.8) is 0 Å². The van der Waals surface area contributed by atoms with E-state index in [4.69, 9.17) is 11.6 Å². The van der Waals surface area contributed by atoms with E-state index >= 15 is 0 Å². The molecule has 0 bridgehead atoms. The maximum absolute atomic E-state index is 13.1. The SMILES string of the molecule is O=S(=O)(c1ccc(CCCNC(Cc2ccccc2)[C@H](O)c2cccc(Cl)c2)cc1)c1cccc(OS(=O)(=O)C(F)(F)F)c1. The Labute approximate surface area is 259 Å². The van der Waals surface area contributed by atoms with Crippen LogP contribution in [0.15, 0.2) is 113 Å². The molecule has 0 saturated heterocycles. The third-order valence-corrected chi connectivity index (χ3v) is 9.74. The third-order valence-electron chi connectivity index (χ3n) is 6.76. The van der Waals surface area contributed by atoms with E-state index in [1.165, 1.54) is 12.1 Å². The van der Waals surface area contributed by atoms with Crippen molar-refractivity contribution >= 4 is 31.6 Å². The number of alkyl halides is 3. The second-order valence-corrected chi connectivity index (χ2v) is 13.9. The minimum atomic E-state index is -5.96. The first-order valence-electron chi connectivity index (χ1n) is 13.4. The van der Waals surface area contributed by atoms with E-state index in [0.29, 0.717) is 36.4 Å². The predicted molar refractivity (Wildman–Crippen MR) is 161 cm³/mol. The van der Waals surface area contributed by atoms with Crippen LogP contribution in [-0.4, -0.2) is 40.0 Å². The van der Waals surface area contributed by atoms with Gasteiger partial charge in [0, 0.05) is 17.1 Å². The molecule has 0 aromatic heterocycles. The fraction of sp³-hybridized carbons (Fsp3) is 0.226. The summed E-state index contributed by atoms with van der Waals surface area (Å²) in [6, 6.07) is 26.4. The number of benzene rings is 4. The van der Waals surface area contributed by atoms with Crippen LogP contribution < -0.4 is 9.50 Å². The molecule has 234 valence electrons. The molecule has 0 amide bonds. The quantitative estimate of drug-likeness (QED) is 0.0983. The van der Waals surface area contributed by atoms with Crippen molar-refractivity contribution in [2.75, 3.05) is 6.54 Å². The molecule has 1 unspecified atom stereocenters. The molecule has 0 fully saturated rings. The van der Waals surface area contributed by atoms with Gasteiger partial charge in [0.15, 0.2) is 0 Å². The zero-order valence-corrected chi connectivity index (χ0v) is 25.5. The van der Waals surface area contributed by atoms with Crippen LogP contribution in [0.1, 0.15) is 29.2 Å². The summed E-state index contributed by atoms with van der Waals surface area (Å²) in [5, 5.41) is 15.1. The van der Waals surface area contributed by atoms with Crippen molar-refractivity contribution in [3.8, 4) is 5.75 Å². The molecular formula is C31H29ClF3NO6S2. The van der Waals surface area contributed by atoms with Gasteiger partial charge in [0.05, 0.1) is 15.9 Å². The van der Waals surface area contributed by atoms with Crippen LogP contribution in [0.4, 0.5) is 13.2 Å². The lowest BCUT2D eigenvalue weighted by Crippen LogP contribution is -2.37. The minimum absolute atomic E-state index is 0.122. The normalized spacial score (nSPS) is 13.8. The van der Waals surface area contributed by atoms with Crippen molar-refractivity contribution in [2.24, 2.45) is 0 Å². The zero-order chi connectivity index (χ0) is 32.0. The second kappa shape index (κ2) is 14.1. The first-order chi connectivity index (χ1) is 20.8. The Morgan fingerprint density at radius 1 is 0.795 bits per heavy atom. The number of aliphatic hydroxyl groups excluding tert-OH is 1. The molecule has 2 atom stereocenters. The number of hydrogen-bond acceptors (Lipinski definition) is 7. The zero-order valence-electron chi connectivity index (χ0n) is 23.1. The number of hydrogen-bond donors (Lipinski definition) is 2. The van der Waals surface area contributed by atoms with Crippen molar-refractivity contribution < 1.29 is 39.3 Å². The molecule has 4 aromatic carbocycles. The van der Waals surface area contributed by atoms with Crippen LogP contribution in [0.2, 0.25) is 5.02 Å². The molecule has 0 aliphatic heterocycles. The molecule has 0 saturated carbocycles. The Kier molecular flexibility index (Phi) is 10.7. The van der Waals surface area contributed by atoms with Gasteiger partial charge in [0.25, 0.3) is 0 Å². The van der Waals surface area contributed by atoms with Gasteiger partial charge < -0.3 is 14.6 Å². The van der Waals surface area contributed by atoms with Gasteiger partial charge in [-0.2, -0.15) is 21.6 Å². The standard InChI is InChI=1S/C31H29ClF3NO6S2/c32-25-11-4-10-24(20-25)30(37)29(19-23-7-2-1-3-8-23)36-18-6-9-22-14-16-27(17-15-22)43(38,39)28-13-5-12-26(21-28)42-44(40,41)31(33,34)35/h1-5,7-8,10-17,20-21,29-30,36-37H,6,9,18-19H2/t29?,30-/m1/s1. The van der Waals surface area contributed by atoms with E-state index in [1.807, 2.05) is 36.4 Å². The highest BCUT2D eigenvalue weighted by Gasteiger charge is 2.48. The first kappa shape index (κ1) is 33.5. The summed E-state index contributed by atoms with van der Waals surface area (Å²) in [6.45, 7) is 0.558. The molecule has 44 heavy (non-hydrogen) atoms. The van der Waals surface area contributed by atoms with Crippen molar-refractivity contribution in [3.05, 3.63) is 125 Å². The lowest BCUT2D eigenvalue weighted by molar-refractivity contribution is -0.0500. The summed E-state index contributed by atoms with van der Waals surface area (Å²) >= 11 is 6.13. The third kappa shape index (κ3) is 8.60. The highest BCUT2D eigenvalue weighted by molar-refractivity contribution is 7.91. The summed E-state index contributed by atoms with van der Waals surface area (Å²) in [5.41, 5.74) is -3.07. The number of aryl methyl sites for hydroxylation is 1. The molecule has 0 heterocycles. The Balaban J connectivity index is 1.39. The summed E-state index contributed by atoms with van der Waals surface area (Å²) in [4.78, 5) is -0.546. The topological polar surface area (TPSA) is 110 Å². The number of rotatable bonds is 13. The van der Waals surface area contributed by atoms with Gasteiger partial charge in [-0.15, -0.1) is 0 Å². The fourth-order valence-corrected chi connectivity index (χ4v) is 6.45. The summed E-state index contributed by atoms with van der Waals surface area (Å²) in [6.07, 6.45) is 1.04. The van der Waals surface area contributed by atoms with Gasteiger partial charge in [-0.1, -0.05) is 72.3 Å². The van der Waals surface area contributed by atoms with Crippen LogP contribution in [0.25, 0.3) is 0 Å². The highest BCUT2D eigenvalue weighted by Crippen LogP contribution is 2.30. The number of aliphatic hydroxyl groups is 1. The van der Waals surface area contributed by atoms with Crippen molar-refractivity contribution in [1.82, 2.24) is 5.32 Å². The molecule has 4 rings (SSSR count). The molecule has 7 nitrogen and oxygen atoms in total. The average molecular weight is 668 g/mol. The minimum Gasteiger partial charge on any atom is -0.387 e. The maximum Gasteiger partial charge on any atom is 0.534 e. The fourth-order valence-electron chi connectivity index (χ4n) is 4.50. The largest absolute Gasteiger partial charge is 0.534 e. The van der Waals surface area contributed by atoms with Gasteiger partial charge in [-0.3, -0.25) is 0 Å². The van der Waals surface area contributed by atoms with Crippen LogP contribution in [-0.2, 0) is 32.8 Å². The number of nitrogens with one attached hydrogen (secondary N) is 1. The smallest absolute Gasteiger partial charge is 0.387 e. The van der Waals surface area contributed by atoms with Crippen LogP contribution >= 0.6 is 11.6 Å². The van der Waals surface area contributed by atoms with Crippen LogP contribution in [0.3, 0.4) is 0 Å². The van der Waals surface area contributed by atoms with E-state index in [1.54, 1.807) is 30.3 Å². The maximum atomic E-state index is 13.1. The van der Waals surface area contributed by atoms with Gasteiger partial charge in [0.1, 0.15) is 5.75 Å². The molecule has 0 aliphatic rings. The lowest BCUT2D eigenvalue weighted by Gasteiger charge is -2.25. The Bertz CT molecular complexity index is 1770. The van der Waals surface area contributed by atoms with Gasteiger partial charge in [0.2, 0.25) is 9.84 Å². The molecule has 0 spiro atoms. The molecule has 13 heteroatoms. The number of halogens is 4. The summed E-state index contributed by atoms with van der Waals surface area (Å²) in [7, 11) is -10.1. The van der Waals surface area contributed by atoms with Gasteiger partial charge in [-0.05, 0) is 78.9 Å². The van der Waals surface area contributed by atoms with E-state index in [-0.39, 0.29) is 10.9 Å². The highest BCUT2D eigenvalue weighted by atomic mass is 35.5. The number of sulfone groups is 1. The Morgan fingerprint density at radius 2 is 1.48 bits per heavy atom. The molecule has 0 aliphatic carbocycles. The van der Waals surface area contributed by atoms with Gasteiger partial charge >= 0.3 is 15.6 Å². The van der Waals surface area contributed by atoms with E-state index in [9.17, 15) is 35.1 Å². The second-order valence-electron chi connectivity index (χ2n) is 9.96. The molecule has 2 N–H and O–H groups in total. The van der Waals surface area contributed by atoms with E-state index in [2.05, 4.69) is 9.50 Å².